The van der Waals surface area contributed by atoms with Crippen molar-refractivity contribution in [2.45, 2.75) is 39.8 Å². The number of rotatable bonds is 5. The van der Waals surface area contributed by atoms with Gasteiger partial charge in [-0.2, -0.15) is 0 Å². The van der Waals surface area contributed by atoms with Crippen LogP contribution in [0.1, 0.15) is 27.7 Å². The lowest BCUT2D eigenvalue weighted by Crippen LogP contribution is -2.29. The molecule has 2 nitrogen and oxygen atoms in total. The molecule has 0 spiro atoms. The SMILES string of the molecule is COP(Cl)SN(C(C)C)C(C)C. The maximum Gasteiger partial charge on any atom is 0.204 e. The van der Waals surface area contributed by atoms with Gasteiger partial charge in [0.05, 0.1) is 0 Å². The molecule has 0 saturated carbocycles. The molecule has 0 N–H and O–H groups in total. The highest BCUT2D eigenvalue weighted by Gasteiger charge is 2.18. The molecule has 0 radical (unpaired) electrons. The van der Waals surface area contributed by atoms with Crippen molar-refractivity contribution in [1.82, 2.24) is 4.31 Å². The van der Waals surface area contributed by atoms with E-state index in [4.69, 9.17) is 15.8 Å². The molecule has 0 amide bonds. The molecule has 0 aliphatic heterocycles. The Morgan fingerprint density at radius 1 is 1.25 bits per heavy atom. The molecule has 0 rings (SSSR count). The van der Waals surface area contributed by atoms with E-state index in [2.05, 4.69) is 32.0 Å². The minimum absolute atomic E-state index is 0.494. The normalized spacial score (nSPS) is 14.8. The van der Waals surface area contributed by atoms with Gasteiger partial charge in [-0.15, -0.1) is 0 Å². The Kier molecular flexibility index (Phi) is 6.98. The monoisotopic (exact) mass is 229 g/mol. The Hall–Kier alpha value is 0.990. The second kappa shape index (κ2) is 6.44. The highest BCUT2D eigenvalue weighted by molar-refractivity contribution is 8.60. The van der Waals surface area contributed by atoms with Crippen LogP contribution in [0.15, 0.2) is 0 Å². The lowest BCUT2D eigenvalue weighted by Gasteiger charge is -2.29. The third kappa shape index (κ3) is 4.88. The molecule has 0 heterocycles. The van der Waals surface area contributed by atoms with Crippen molar-refractivity contribution in [3.8, 4) is 0 Å². The predicted molar refractivity (Wildman–Crippen MR) is 59.5 cm³/mol. The van der Waals surface area contributed by atoms with Crippen molar-refractivity contribution >= 4 is 29.5 Å². The van der Waals surface area contributed by atoms with Crippen LogP contribution in [-0.2, 0) is 4.52 Å². The number of hydrogen-bond donors (Lipinski definition) is 0. The van der Waals surface area contributed by atoms with Crippen LogP contribution in [0.25, 0.3) is 0 Å². The zero-order valence-corrected chi connectivity index (χ0v) is 10.7. The van der Waals surface area contributed by atoms with E-state index in [1.54, 1.807) is 18.7 Å². The second-order valence-corrected chi connectivity index (χ2v) is 7.41. The molecule has 5 heteroatoms. The van der Waals surface area contributed by atoms with Gasteiger partial charge in [0, 0.05) is 19.2 Å². The Balaban J connectivity index is 3.95. The van der Waals surface area contributed by atoms with E-state index in [0.717, 1.165) is 0 Å². The molecule has 0 aromatic rings. The summed E-state index contributed by atoms with van der Waals surface area (Å²) >= 11 is 7.51. The topological polar surface area (TPSA) is 12.5 Å². The highest BCUT2D eigenvalue weighted by atomic mass is 35.7. The molecule has 12 heavy (non-hydrogen) atoms. The van der Waals surface area contributed by atoms with Crippen LogP contribution in [0.4, 0.5) is 0 Å². The van der Waals surface area contributed by atoms with Crippen LogP contribution in [0, 0.1) is 0 Å². The first-order chi connectivity index (χ1) is 5.49. The summed E-state index contributed by atoms with van der Waals surface area (Å²) in [6, 6.07) is 0.989. The summed E-state index contributed by atoms with van der Waals surface area (Å²) in [5, 5.41) is 0. The van der Waals surface area contributed by atoms with Gasteiger partial charge in [-0.25, -0.2) is 4.31 Å². The molecule has 0 aliphatic rings. The maximum atomic E-state index is 5.91. The van der Waals surface area contributed by atoms with Gasteiger partial charge < -0.3 is 4.52 Å². The van der Waals surface area contributed by atoms with E-state index < -0.39 is 6.70 Å². The van der Waals surface area contributed by atoms with Gasteiger partial charge in [0.15, 0.2) is 0 Å². The van der Waals surface area contributed by atoms with Crippen molar-refractivity contribution < 1.29 is 4.52 Å². The minimum atomic E-state index is -0.868. The number of hydrogen-bond acceptors (Lipinski definition) is 3. The molecule has 0 bridgehead atoms. The largest absolute Gasteiger partial charge is 0.338 e. The molecule has 0 fully saturated rings. The Morgan fingerprint density at radius 3 is 1.92 bits per heavy atom. The van der Waals surface area contributed by atoms with E-state index in [1.807, 2.05) is 0 Å². The summed E-state index contributed by atoms with van der Waals surface area (Å²) in [6.07, 6.45) is 0. The minimum Gasteiger partial charge on any atom is -0.338 e. The first-order valence-corrected chi connectivity index (χ1v) is 7.49. The Bertz CT molecular complexity index is 118. The maximum absolute atomic E-state index is 5.91. The van der Waals surface area contributed by atoms with E-state index in [9.17, 15) is 0 Å². The van der Waals surface area contributed by atoms with Crippen LogP contribution in [-0.4, -0.2) is 23.5 Å². The summed E-state index contributed by atoms with van der Waals surface area (Å²) in [7, 11) is 1.64. The molecule has 0 aromatic carbocycles. The van der Waals surface area contributed by atoms with Gasteiger partial charge >= 0.3 is 0 Å². The van der Waals surface area contributed by atoms with Crippen LogP contribution in [0.3, 0.4) is 0 Å². The highest BCUT2D eigenvalue weighted by Crippen LogP contribution is 2.57. The quantitative estimate of drug-likeness (QED) is 0.525. The lowest BCUT2D eigenvalue weighted by molar-refractivity contribution is 0.338. The van der Waals surface area contributed by atoms with Crippen molar-refractivity contribution in [2.24, 2.45) is 0 Å². The van der Waals surface area contributed by atoms with Crippen LogP contribution in [0.5, 0.6) is 0 Å². The van der Waals surface area contributed by atoms with Crippen molar-refractivity contribution in [3.63, 3.8) is 0 Å². The third-order valence-corrected chi connectivity index (χ3v) is 5.13. The summed E-state index contributed by atoms with van der Waals surface area (Å²) in [4.78, 5) is 0. The van der Waals surface area contributed by atoms with E-state index in [-0.39, 0.29) is 0 Å². The van der Waals surface area contributed by atoms with Gasteiger partial charge in [0.1, 0.15) is 0 Å². The van der Waals surface area contributed by atoms with Gasteiger partial charge in [-0.3, -0.25) is 0 Å². The lowest BCUT2D eigenvalue weighted by atomic mass is 10.3. The average Bonchev–Trinajstić information content (AvgIpc) is 1.98. The van der Waals surface area contributed by atoms with Gasteiger partial charge in [-0.1, -0.05) is 11.2 Å². The van der Waals surface area contributed by atoms with Gasteiger partial charge in [0.2, 0.25) is 6.70 Å². The van der Waals surface area contributed by atoms with E-state index >= 15 is 0 Å². The molecule has 0 saturated heterocycles. The third-order valence-electron chi connectivity index (χ3n) is 1.32. The Labute approximate surface area is 85.5 Å². The first-order valence-electron chi connectivity index (χ1n) is 3.95. The van der Waals surface area contributed by atoms with Crippen LogP contribution in [0.2, 0.25) is 0 Å². The summed E-state index contributed by atoms with van der Waals surface area (Å²) in [5.74, 6) is 0. The fraction of sp³-hybridized carbons (Fsp3) is 1.00. The molecule has 0 aromatic heterocycles. The van der Waals surface area contributed by atoms with Crippen molar-refractivity contribution in [1.29, 1.82) is 0 Å². The average molecular weight is 230 g/mol. The standard InChI is InChI=1S/C7H17ClNOPS/c1-6(2)9(7(3)4)12-11(8)10-5/h6-7H,1-5H3. The fourth-order valence-electron chi connectivity index (χ4n) is 0.892. The van der Waals surface area contributed by atoms with E-state index in [0.29, 0.717) is 12.1 Å². The molecule has 1 atom stereocenters. The Morgan fingerprint density at radius 2 is 1.67 bits per heavy atom. The van der Waals surface area contributed by atoms with Crippen LogP contribution >= 0.6 is 29.5 Å². The summed E-state index contributed by atoms with van der Waals surface area (Å²) in [5.41, 5.74) is 0. The number of halogens is 1. The summed E-state index contributed by atoms with van der Waals surface area (Å²) in [6.45, 7) is 7.75. The fourth-order valence-corrected chi connectivity index (χ4v) is 3.90. The van der Waals surface area contributed by atoms with Crippen LogP contribution < -0.4 is 0 Å². The second-order valence-electron chi connectivity index (χ2n) is 3.02. The molecular formula is C7H17ClNOPS. The van der Waals surface area contributed by atoms with Gasteiger partial charge in [-0.05, 0) is 39.3 Å². The zero-order chi connectivity index (χ0) is 9.72. The molecular weight excluding hydrogens is 213 g/mol. The zero-order valence-electron chi connectivity index (χ0n) is 8.24. The van der Waals surface area contributed by atoms with Gasteiger partial charge in [0.25, 0.3) is 0 Å². The molecule has 1 unspecified atom stereocenters. The smallest absolute Gasteiger partial charge is 0.204 e. The number of nitrogens with zero attached hydrogens (tertiary/aromatic N) is 1. The molecule has 0 aliphatic carbocycles. The first kappa shape index (κ1) is 13.0. The molecule has 74 valence electrons. The predicted octanol–water partition coefficient (Wildman–Crippen LogP) is 3.87. The summed E-state index contributed by atoms with van der Waals surface area (Å²) < 4.78 is 7.28. The van der Waals surface area contributed by atoms with Crippen molar-refractivity contribution in [2.75, 3.05) is 7.11 Å². The van der Waals surface area contributed by atoms with E-state index in [1.165, 1.54) is 0 Å². The van der Waals surface area contributed by atoms with Crippen molar-refractivity contribution in [3.05, 3.63) is 0 Å².